The van der Waals surface area contributed by atoms with E-state index in [1.807, 2.05) is 19.3 Å². The Hall–Kier alpha value is -1.58. The van der Waals surface area contributed by atoms with Crippen molar-refractivity contribution in [1.29, 1.82) is 0 Å². The van der Waals surface area contributed by atoms with E-state index >= 15 is 0 Å². The zero-order valence-electron chi connectivity index (χ0n) is 18.0. The molecule has 1 amide bonds. The summed E-state index contributed by atoms with van der Waals surface area (Å²) in [5.41, 5.74) is 7.18. The third kappa shape index (κ3) is 5.00. The van der Waals surface area contributed by atoms with E-state index in [-0.39, 0.29) is 35.8 Å². The Morgan fingerprint density at radius 3 is 2.67 bits per heavy atom. The maximum Gasteiger partial charge on any atom is 0.220 e. The first-order valence-corrected chi connectivity index (χ1v) is 11.0. The molecule has 30 heavy (non-hydrogen) atoms. The maximum atomic E-state index is 11.5. The number of anilines is 1. The number of hydrogen-bond donors (Lipinski definition) is 2. The monoisotopic (exact) mass is 526 g/mol. The minimum Gasteiger partial charge on any atom is -0.369 e. The summed E-state index contributed by atoms with van der Waals surface area (Å²) in [6.07, 6.45) is 10.2. The zero-order chi connectivity index (χ0) is 20.3. The largest absolute Gasteiger partial charge is 0.369 e. The van der Waals surface area contributed by atoms with Crippen LogP contribution >= 0.6 is 24.0 Å². The number of piperidine rings is 1. The van der Waals surface area contributed by atoms with Gasteiger partial charge in [-0.1, -0.05) is 18.9 Å². The molecule has 3 N–H and O–H groups in total. The van der Waals surface area contributed by atoms with Crippen molar-refractivity contribution >= 4 is 41.7 Å². The Labute approximate surface area is 196 Å². The lowest BCUT2D eigenvalue weighted by Crippen LogP contribution is -2.42. The van der Waals surface area contributed by atoms with Crippen molar-refractivity contribution in [2.24, 2.45) is 22.1 Å². The first kappa shape index (κ1) is 23.1. The van der Waals surface area contributed by atoms with Gasteiger partial charge < -0.3 is 20.9 Å². The highest BCUT2D eigenvalue weighted by molar-refractivity contribution is 14.0. The number of halogens is 1. The Morgan fingerprint density at radius 1 is 1.27 bits per heavy atom. The van der Waals surface area contributed by atoms with Gasteiger partial charge in [-0.05, 0) is 43.6 Å². The van der Waals surface area contributed by atoms with Crippen molar-refractivity contribution in [1.82, 2.24) is 15.2 Å². The Bertz CT molecular complexity index is 756. The van der Waals surface area contributed by atoms with Gasteiger partial charge in [-0.25, -0.2) is 4.98 Å². The second-order valence-electron chi connectivity index (χ2n) is 8.93. The molecule has 3 fully saturated rings. The van der Waals surface area contributed by atoms with Crippen LogP contribution in [0.3, 0.4) is 0 Å². The summed E-state index contributed by atoms with van der Waals surface area (Å²) in [5.74, 6) is 1.82. The summed E-state index contributed by atoms with van der Waals surface area (Å²) in [6.45, 7) is 4.57. The summed E-state index contributed by atoms with van der Waals surface area (Å²) >= 11 is 0. The van der Waals surface area contributed by atoms with Gasteiger partial charge in [-0.2, -0.15) is 0 Å². The molecular weight excluding hydrogens is 491 g/mol. The SMILES string of the molecule is CN=C(NCc1cccnc1N1CCC(C(N)=O)CC1)N1CCC2(CCCC2)C1.I. The summed E-state index contributed by atoms with van der Waals surface area (Å²) in [5, 5.41) is 3.58. The molecule has 3 aliphatic rings. The Morgan fingerprint density at radius 2 is 2.00 bits per heavy atom. The van der Waals surface area contributed by atoms with E-state index in [0.717, 1.165) is 50.8 Å². The number of aliphatic imine (C=N–C) groups is 1. The lowest BCUT2D eigenvalue weighted by atomic mass is 9.86. The third-order valence-electron chi connectivity index (χ3n) is 7.12. The van der Waals surface area contributed by atoms with Crippen LogP contribution in [0.15, 0.2) is 23.3 Å². The molecule has 1 aromatic heterocycles. The standard InChI is InChI=1S/C22H34N6O.HI/c1-24-21(28-14-10-22(16-28)8-2-3-9-22)26-15-18-5-4-11-25-20(18)27-12-6-17(7-13-27)19(23)29;/h4-5,11,17H,2-3,6-10,12-16H2,1H3,(H2,23,29)(H,24,26);1H. The van der Waals surface area contributed by atoms with Crippen LogP contribution in [0.1, 0.15) is 50.5 Å². The first-order chi connectivity index (χ1) is 14.1. The average molecular weight is 526 g/mol. The molecule has 0 aromatic carbocycles. The minimum atomic E-state index is -0.179. The highest BCUT2D eigenvalue weighted by Crippen LogP contribution is 2.45. The van der Waals surface area contributed by atoms with Crippen LogP contribution in [0.2, 0.25) is 0 Å². The Kier molecular flexibility index (Phi) is 7.81. The fourth-order valence-electron chi connectivity index (χ4n) is 5.38. The van der Waals surface area contributed by atoms with E-state index in [2.05, 4.69) is 31.2 Å². The highest BCUT2D eigenvalue weighted by Gasteiger charge is 2.41. The second-order valence-corrected chi connectivity index (χ2v) is 8.93. The molecule has 0 bridgehead atoms. The van der Waals surface area contributed by atoms with Crippen LogP contribution in [0.5, 0.6) is 0 Å². The van der Waals surface area contributed by atoms with E-state index in [4.69, 9.17) is 5.73 Å². The van der Waals surface area contributed by atoms with E-state index in [0.29, 0.717) is 12.0 Å². The number of guanidine groups is 1. The van der Waals surface area contributed by atoms with Crippen LogP contribution < -0.4 is 16.0 Å². The van der Waals surface area contributed by atoms with Gasteiger partial charge in [-0.15, -0.1) is 24.0 Å². The van der Waals surface area contributed by atoms with Crippen LogP contribution in [-0.4, -0.2) is 55.0 Å². The lowest BCUT2D eigenvalue weighted by molar-refractivity contribution is -0.122. The van der Waals surface area contributed by atoms with Crippen molar-refractivity contribution in [2.45, 2.75) is 51.5 Å². The molecule has 1 saturated carbocycles. The number of amides is 1. The number of primary amides is 1. The third-order valence-corrected chi connectivity index (χ3v) is 7.12. The van der Waals surface area contributed by atoms with Crippen molar-refractivity contribution in [2.75, 3.05) is 38.1 Å². The zero-order valence-corrected chi connectivity index (χ0v) is 20.3. The van der Waals surface area contributed by atoms with Gasteiger partial charge in [0.2, 0.25) is 5.91 Å². The summed E-state index contributed by atoms with van der Waals surface area (Å²) in [4.78, 5) is 25.4. The van der Waals surface area contributed by atoms with E-state index in [9.17, 15) is 4.79 Å². The molecule has 7 nitrogen and oxygen atoms in total. The van der Waals surface area contributed by atoms with E-state index in [1.54, 1.807) is 0 Å². The van der Waals surface area contributed by atoms with Gasteiger partial charge in [-0.3, -0.25) is 9.79 Å². The van der Waals surface area contributed by atoms with Crippen molar-refractivity contribution in [3.8, 4) is 0 Å². The number of likely N-dealkylation sites (tertiary alicyclic amines) is 1. The number of carbonyl (C=O) groups excluding carboxylic acids is 1. The maximum absolute atomic E-state index is 11.5. The average Bonchev–Trinajstić information content (AvgIpc) is 3.39. The molecule has 2 saturated heterocycles. The number of nitrogens with two attached hydrogens (primary N) is 1. The number of pyridine rings is 1. The smallest absolute Gasteiger partial charge is 0.220 e. The molecule has 8 heteroatoms. The molecule has 2 aliphatic heterocycles. The topological polar surface area (TPSA) is 86.9 Å². The molecule has 3 heterocycles. The molecular formula is C22H35IN6O. The second kappa shape index (κ2) is 10.2. The van der Waals surface area contributed by atoms with Gasteiger partial charge in [0, 0.05) is 57.4 Å². The molecule has 1 aromatic rings. The number of nitrogens with zero attached hydrogens (tertiary/aromatic N) is 4. The minimum absolute atomic E-state index is 0. The van der Waals surface area contributed by atoms with Crippen LogP contribution in [0.4, 0.5) is 5.82 Å². The first-order valence-electron chi connectivity index (χ1n) is 11.0. The van der Waals surface area contributed by atoms with Gasteiger partial charge in [0.25, 0.3) is 0 Å². The fourth-order valence-corrected chi connectivity index (χ4v) is 5.38. The summed E-state index contributed by atoms with van der Waals surface area (Å²) < 4.78 is 0. The molecule has 0 unspecified atom stereocenters. The number of carbonyl (C=O) groups is 1. The molecule has 166 valence electrons. The quantitative estimate of drug-likeness (QED) is 0.358. The summed E-state index contributed by atoms with van der Waals surface area (Å²) in [6, 6.07) is 4.12. The van der Waals surface area contributed by atoms with Crippen LogP contribution in [0, 0.1) is 11.3 Å². The number of rotatable bonds is 4. The van der Waals surface area contributed by atoms with Crippen molar-refractivity contribution < 1.29 is 4.79 Å². The molecule has 1 spiro atoms. The van der Waals surface area contributed by atoms with Crippen molar-refractivity contribution in [3.05, 3.63) is 23.9 Å². The predicted molar refractivity (Wildman–Crippen MR) is 131 cm³/mol. The Balaban J connectivity index is 0.00000256. The fraction of sp³-hybridized carbons (Fsp3) is 0.682. The van der Waals surface area contributed by atoms with Gasteiger partial charge in [0.15, 0.2) is 5.96 Å². The number of hydrogen-bond acceptors (Lipinski definition) is 4. The van der Waals surface area contributed by atoms with E-state index in [1.165, 1.54) is 37.7 Å². The normalized spacial score (nSPS) is 21.7. The molecule has 0 atom stereocenters. The van der Waals surface area contributed by atoms with Gasteiger partial charge in [0.05, 0.1) is 0 Å². The highest BCUT2D eigenvalue weighted by atomic mass is 127. The molecule has 1 aliphatic carbocycles. The van der Waals surface area contributed by atoms with Gasteiger partial charge >= 0.3 is 0 Å². The lowest BCUT2D eigenvalue weighted by Gasteiger charge is -2.33. The van der Waals surface area contributed by atoms with Crippen molar-refractivity contribution in [3.63, 3.8) is 0 Å². The molecule has 4 rings (SSSR count). The number of aromatic nitrogens is 1. The van der Waals surface area contributed by atoms with Crippen LogP contribution in [-0.2, 0) is 11.3 Å². The molecule has 0 radical (unpaired) electrons. The summed E-state index contributed by atoms with van der Waals surface area (Å²) in [7, 11) is 1.88. The predicted octanol–water partition coefficient (Wildman–Crippen LogP) is 2.74. The van der Waals surface area contributed by atoms with E-state index < -0.39 is 0 Å². The van der Waals surface area contributed by atoms with Crippen LogP contribution in [0.25, 0.3) is 0 Å². The van der Waals surface area contributed by atoms with Gasteiger partial charge in [0.1, 0.15) is 5.82 Å². The number of nitrogens with one attached hydrogen (secondary N) is 1.